The van der Waals surface area contributed by atoms with E-state index in [1.807, 2.05) is 13.1 Å². The van der Waals surface area contributed by atoms with Crippen molar-refractivity contribution in [2.24, 2.45) is 18.7 Å². The van der Waals surface area contributed by atoms with Crippen LogP contribution in [0.1, 0.15) is 5.69 Å². The van der Waals surface area contributed by atoms with Crippen molar-refractivity contribution in [1.82, 2.24) is 14.7 Å². The van der Waals surface area contributed by atoms with E-state index in [0.29, 0.717) is 13.0 Å². The van der Waals surface area contributed by atoms with Crippen LogP contribution in [0.25, 0.3) is 0 Å². The van der Waals surface area contributed by atoms with E-state index in [2.05, 4.69) is 5.10 Å². The quantitative estimate of drug-likeness (QED) is 0.737. The van der Waals surface area contributed by atoms with Crippen molar-refractivity contribution in [3.05, 3.63) is 18.0 Å². The maximum Gasteiger partial charge on any atom is 0.226 e. The summed E-state index contributed by atoms with van der Waals surface area (Å²) in [5.41, 5.74) is 6.63. The van der Waals surface area contributed by atoms with Gasteiger partial charge in [0.15, 0.2) is 0 Å². The molecular formula is C10H18N4O. The first-order valence-corrected chi connectivity index (χ1v) is 4.94. The number of amides is 1. The van der Waals surface area contributed by atoms with Crippen LogP contribution in [0, 0.1) is 5.92 Å². The van der Waals surface area contributed by atoms with E-state index in [1.165, 1.54) is 0 Å². The summed E-state index contributed by atoms with van der Waals surface area (Å²) in [7, 11) is 5.35. The number of nitrogens with two attached hydrogens (primary N) is 1. The van der Waals surface area contributed by atoms with Gasteiger partial charge in [0.05, 0.1) is 5.92 Å². The summed E-state index contributed by atoms with van der Waals surface area (Å²) >= 11 is 0. The molecule has 0 aliphatic carbocycles. The molecule has 84 valence electrons. The monoisotopic (exact) mass is 210 g/mol. The molecule has 0 radical (unpaired) electrons. The van der Waals surface area contributed by atoms with Crippen molar-refractivity contribution >= 4 is 5.91 Å². The molecule has 1 atom stereocenters. The van der Waals surface area contributed by atoms with Gasteiger partial charge in [0.2, 0.25) is 5.91 Å². The van der Waals surface area contributed by atoms with Crippen molar-refractivity contribution in [1.29, 1.82) is 0 Å². The first kappa shape index (κ1) is 11.7. The molecule has 0 aliphatic heterocycles. The Hall–Kier alpha value is -1.36. The molecular weight excluding hydrogens is 192 g/mol. The molecule has 0 fully saturated rings. The number of carbonyl (C=O) groups is 1. The second-order valence-corrected chi connectivity index (χ2v) is 3.82. The minimum Gasteiger partial charge on any atom is -0.349 e. The van der Waals surface area contributed by atoms with Crippen LogP contribution in [0.15, 0.2) is 12.3 Å². The summed E-state index contributed by atoms with van der Waals surface area (Å²) in [4.78, 5) is 13.3. The van der Waals surface area contributed by atoms with Crippen LogP contribution >= 0.6 is 0 Å². The number of aromatic nitrogens is 2. The largest absolute Gasteiger partial charge is 0.349 e. The van der Waals surface area contributed by atoms with E-state index in [0.717, 1.165) is 5.69 Å². The lowest BCUT2D eigenvalue weighted by Gasteiger charge is -2.18. The van der Waals surface area contributed by atoms with Crippen molar-refractivity contribution in [2.45, 2.75) is 6.42 Å². The highest BCUT2D eigenvalue weighted by atomic mass is 16.2. The minimum absolute atomic E-state index is 0.0682. The van der Waals surface area contributed by atoms with Gasteiger partial charge in [0.25, 0.3) is 0 Å². The first-order valence-electron chi connectivity index (χ1n) is 4.94. The van der Waals surface area contributed by atoms with Gasteiger partial charge in [-0.05, 0) is 6.07 Å². The van der Waals surface area contributed by atoms with Crippen LogP contribution in [0.5, 0.6) is 0 Å². The number of hydrogen-bond donors (Lipinski definition) is 1. The lowest BCUT2D eigenvalue weighted by atomic mass is 10.0. The van der Waals surface area contributed by atoms with Gasteiger partial charge in [0, 0.05) is 46.0 Å². The molecule has 0 aliphatic rings. The Morgan fingerprint density at radius 2 is 2.33 bits per heavy atom. The van der Waals surface area contributed by atoms with Crippen molar-refractivity contribution in [3.8, 4) is 0 Å². The second-order valence-electron chi connectivity index (χ2n) is 3.82. The standard InChI is InChI=1S/C10H18N4O/c1-13(2)10(15)8(7-11)6-9-4-5-12-14(9)3/h4-5,8H,6-7,11H2,1-3H3. The fourth-order valence-corrected chi connectivity index (χ4v) is 1.49. The highest BCUT2D eigenvalue weighted by molar-refractivity contribution is 5.78. The van der Waals surface area contributed by atoms with Gasteiger partial charge in [-0.25, -0.2) is 0 Å². The van der Waals surface area contributed by atoms with Crippen molar-refractivity contribution in [3.63, 3.8) is 0 Å². The Balaban J connectivity index is 2.70. The summed E-state index contributed by atoms with van der Waals surface area (Å²) in [6.07, 6.45) is 2.37. The predicted octanol–water partition coefficient (Wildman–Crippen LogP) is -0.374. The zero-order valence-electron chi connectivity index (χ0n) is 9.47. The van der Waals surface area contributed by atoms with Crippen LogP contribution in [-0.4, -0.2) is 41.2 Å². The number of carbonyl (C=O) groups excluding carboxylic acids is 1. The highest BCUT2D eigenvalue weighted by Gasteiger charge is 2.20. The molecule has 5 nitrogen and oxygen atoms in total. The lowest BCUT2D eigenvalue weighted by molar-refractivity contribution is -0.132. The summed E-state index contributed by atoms with van der Waals surface area (Å²) < 4.78 is 1.77. The normalized spacial score (nSPS) is 12.5. The van der Waals surface area contributed by atoms with Crippen molar-refractivity contribution in [2.75, 3.05) is 20.6 Å². The average Bonchev–Trinajstić information content (AvgIpc) is 2.59. The van der Waals surface area contributed by atoms with Crippen LogP contribution in [0.2, 0.25) is 0 Å². The SMILES string of the molecule is CN(C)C(=O)C(CN)Cc1ccnn1C. The van der Waals surface area contributed by atoms with Gasteiger partial charge in [-0.2, -0.15) is 5.10 Å². The molecule has 0 aromatic carbocycles. The summed E-state index contributed by atoms with van der Waals surface area (Å²) in [5.74, 6) is -0.0888. The van der Waals surface area contributed by atoms with E-state index in [9.17, 15) is 4.79 Å². The van der Waals surface area contributed by atoms with Gasteiger partial charge in [-0.1, -0.05) is 0 Å². The van der Waals surface area contributed by atoms with Gasteiger partial charge in [-0.3, -0.25) is 9.48 Å². The molecule has 1 rings (SSSR count). The molecule has 1 amide bonds. The molecule has 0 saturated carbocycles. The third kappa shape index (κ3) is 2.79. The summed E-state index contributed by atoms with van der Waals surface area (Å²) in [5, 5.41) is 4.06. The summed E-state index contributed by atoms with van der Waals surface area (Å²) in [6, 6.07) is 1.91. The average molecular weight is 210 g/mol. The maximum atomic E-state index is 11.7. The van der Waals surface area contributed by atoms with Crippen LogP contribution in [-0.2, 0) is 18.3 Å². The van der Waals surface area contributed by atoms with Crippen LogP contribution in [0.3, 0.4) is 0 Å². The Kier molecular flexibility index (Phi) is 3.85. The first-order chi connectivity index (χ1) is 7.06. The molecule has 0 bridgehead atoms. The molecule has 0 saturated heterocycles. The van der Waals surface area contributed by atoms with E-state index < -0.39 is 0 Å². The molecule has 2 N–H and O–H groups in total. The number of aryl methyl sites for hydroxylation is 1. The predicted molar refractivity (Wildman–Crippen MR) is 58.2 cm³/mol. The molecule has 1 aromatic rings. The zero-order chi connectivity index (χ0) is 11.4. The molecule has 0 spiro atoms. The topological polar surface area (TPSA) is 64.2 Å². The van der Waals surface area contributed by atoms with Crippen LogP contribution < -0.4 is 5.73 Å². The van der Waals surface area contributed by atoms with E-state index >= 15 is 0 Å². The van der Waals surface area contributed by atoms with Crippen molar-refractivity contribution < 1.29 is 4.79 Å². The number of hydrogen-bond acceptors (Lipinski definition) is 3. The van der Waals surface area contributed by atoms with E-state index in [4.69, 9.17) is 5.73 Å². The number of rotatable bonds is 4. The van der Waals surface area contributed by atoms with Gasteiger partial charge >= 0.3 is 0 Å². The van der Waals surface area contributed by atoms with Gasteiger partial charge < -0.3 is 10.6 Å². The Morgan fingerprint density at radius 1 is 1.67 bits per heavy atom. The van der Waals surface area contributed by atoms with Gasteiger partial charge in [0.1, 0.15) is 0 Å². The molecule has 1 heterocycles. The Bertz CT molecular complexity index is 332. The second kappa shape index (κ2) is 4.93. The lowest BCUT2D eigenvalue weighted by Crippen LogP contribution is -2.35. The number of nitrogens with zero attached hydrogens (tertiary/aromatic N) is 3. The maximum absolute atomic E-state index is 11.7. The third-order valence-electron chi connectivity index (χ3n) is 2.45. The fourth-order valence-electron chi connectivity index (χ4n) is 1.49. The van der Waals surface area contributed by atoms with E-state index in [-0.39, 0.29) is 11.8 Å². The molecule has 1 unspecified atom stereocenters. The molecule has 15 heavy (non-hydrogen) atoms. The highest BCUT2D eigenvalue weighted by Crippen LogP contribution is 2.08. The minimum atomic E-state index is -0.157. The zero-order valence-corrected chi connectivity index (χ0v) is 9.47. The molecule has 1 aromatic heterocycles. The smallest absolute Gasteiger partial charge is 0.226 e. The molecule has 5 heteroatoms. The van der Waals surface area contributed by atoms with Gasteiger partial charge in [-0.15, -0.1) is 0 Å². The third-order valence-corrected chi connectivity index (χ3v) is 2.45. The Morgan fingerprint density at radius 3 is 2.73 bits per heavy atom. The fraction of sp³-hybridized carbons (Fsp3) is 0.600. The summed E-state index contributed by atoms with van der Waals surface area (Å²) in [6.45, 7) is 0.363. The Labute approximate surface area is 89.9 Å². The van der Waals surface area contributed by atoms with E-state index in [1.54, 1.807) is 29.9 Å². The van der Waals surface area contributed by atoms with Crippen LogP contribution in [0.4, 0.5) is 0 Å².